The van der Waals surface area contributed by atoms with Gasteiger partial charge in [-0.15, -0.1) is 0 Å². The summed E-state index contributed by atoms with van der Waals surface area (Å²) in [5.74, 6) is 1.98. The van der Waals surface area contributed by atoms with Crippen molar-refractivity contribution in [3.8, 4) is 0 Å². The fourth-order valence-corrected chi connectivity index (χ4v) is 1.61. The van der Waals surface area contributed by atoms with Crippen LogP contribution in [0.3, 0.4) is 0 Å². The minimum absolute atomic E-state index is 0.00722. The molecule has 1 unspecified atom stereocenters. The first-order valence-electron chi connectivity index (χ1n) is 5.29. The van der Waals surface area contributed by atoms with Crippen LogP contribution in [0.4, 0.5) is 5.95 Å². The second-order valence-electron chi connectivity index (χ2n) is 4.07. The third-order valence-corrected chi connectivity index (χ3v) is 2.42. The molecule has 2 heterocycles. The van der Waals surface area contributed by atoms with Crippen molar-refractivity contribution in [1.29, 1.82) is 0 Å². The van der Waals surface area contributed by atoms with Crippen molar-refractivity contribution in [2.75, 3.05) is 12.3 Å². The molecule has 2 rings (SSSR count). The molecule has 0 saturated carbocycles. The highest BCUT2D eigenvalue weighted by atomic mass is 16.5. The van der Waals surface area contributed by atoms with Crippen LogP contribution in [0.15, 0.2) is 0 Å². The number of rotatable bonds is 2. The van der Waals surface area contributed by atoms with Gasteiger partial charge in [0.2, 0.25) is 5.95 Å². The van der Waals surface area contributed by atoms with E-state index in [4.69, 9.17) is 10.5 Å². The molecule has 1 aliphatic heterocycles. The second kappa shape index (κ2) is 4.10. The number of hydrogen-bond donors (Lipinski definition) is 1. The summed E-state index contributed by atoms with van der Waals surface area (Å²) >= 11 is 0. The number of ether oxygens (including phenoxy) is 1. The largest absolute Gasteiger partial charge is 0.370 e. The first kappa shape index (κ1) is 10.3. The average molecular weight is 208 g/mol. The Morgan fingerprint density at radius 1 is 1.33 bits per heavy atom. The van der Waals surface area contributed by atoms with Crippen LogP contribution in [0.1, 0.15) is 50.4 Å². The van der Waals surface area contributed by atoms with Crippen LogP contribution < -0.4 is 5.73 Å². The van der Waals surface area contributed by atoms with E-state index in [2.05, 4.69) is 15.0 Å². The van der Waals surface area contributed by atoms with E-state index < -0.39 is 0 Å². The van der Waals surface area contributed by atoms with Gasteiger partial charge in [-0.3, -0.25) is 0 Å². The summed E-state index contributed by atoms with van der Waals surface area (Å²) < 4.78 is 5.52. The molecule has 1 aliphatic rings. The Morgan fingerprint density at radius 2 is 2.13 bits per heavy atom. The minimum Gasteiger partial charge on any atom is -0.370 e. The average Bonchev–Trinajstić information content (AvgIpc) is 2.69. The van der Waals surface area contributed by atoms with Crippen molar-refractivity contribution in [1.82, 2.24) is 15.0 Å². The lowest BCUT2D eigenvalue weighted by molar-refractivity contribution is 0.104. The van der Waals surface area contributed by atoms with Crippen molar-refractivity contribution >= 4 is 5.95 Å². The number of nitrogens with two attached hydrogens (primary N) is 1. The molecule has 1 fully saturated rings. The zero-order chi connectivity index (χ0) is 10.8. The Kier molecular flexibility index (Phi) is 2.81. The number of nitrogens with zero attached hydrogens (tertiary/aromatic N) is 3. The highest BCUT2D eigenvalue weighted by molar-refractivity contribution is 5.18. The van der Waals surface area contributed by atoms with Crippen LogP contribution in [0.25, 0.3) is 0 Å². The normalized spacial score (nSPS) is 21.1. The molecule has 2 N–H and O–H groups in total. The molecule has 82 valence electrons. The van der Waals surface area contributed by atoms with E-state index in [-0.39, 0.29) is 12.0 Å². The zero-order valence-electron chi connectivity index (χ0n) is 9.10. The van der Waals surface area contributed by atoms with E-state index in [1.165, 1.54) is 0 Å². The SMILES string of the molecule is CC(C)c1nc(N)nc(C2CCCO2)n1. The lowest BCUT2D eigenvalue weighted by Gasteiger charge is -2.11. The van der Waals surface area contributed by atoms with Gasteiger partial charge in [0.15, 0.2) is 5.82 Å². The van der Waals surface area contributed by atoms with E-state index >= 15 is 0 Å². The van der Waals surface area contributed by atoms with Gasteiger partial charge in [0.1, 0.15) is 11.9 Å². The molecule has 1 saturated heterocycles. The van der Waals surface area contributed by atoms with E-state index in [0.717, 1.165) is 25.3 Å². The summed E-state index contributed by atoms with van der Waals surface area (Å²) in [6.07, 6.45) is 2.04. The molecule has 0 radical (unpaired) electrons. The maximum atomic E-state index is 5.65. The van der Waals surface area contributed by atoms with E-state index in [0.29, 0.717) is 11.8 Å². The second-order valence-corrected chi connectivity index (χ2v) is 4.07. The molecular weight excluding hydrogens is 192 g/mol. The Labute approximate surface area is 89.1 Å². The molecule has 1 atom stereocenters. The van der Waals surface area contributed by atoms with Crippen molar-refractivity contribution in [3.05, 3.63) is 11.6 Å². The molecule has 5 nitrogen and oxygen atoms in total. The molecular formula is C10H16N4O. The van der Waals surface area contributed by atoms with Gasteiger partial charge in [0.05, 0.1) is 0 Å². The summed E-state index contributed by atoms with van der Waals surface area (Å²) in [7, 11) is 0. The quantitative estimate of drug-likeness (QED) is 0.795. The summed E-state index contributed by atoms with van der Waals surface area (Å²) in [6, 6.07) is 0. The topological polar surface area (TPSA) is 73.9 Å². The predicted molar refractivity (Wildman–Crippen MR) is 56.3 cm³/mol. The summed E-state index contributed by atoms with van der Waals surface area (Å²) in [5.41, 5.74) is 5.65. The molecule has 0 amide bonds. The van der Waals surface area contributed by atoms with Crippen molar-refractivity contribution in [2.24, 2.45) is 0 Å². The Bertz CT molecular complexity index is 347. The molecule has 5 heteroatoms. The van der Waals surface area contributed by atoms with Crippen LogP contribution in [0, 0.1) is 0 Å². The van der Waals surface area contributed by atoms with Gasteiger partial charge in [0.25, 0.3) is 0 Å². The van der Waals surface area contributed by atoms with Crippen LogP contribution in [-0.4, -0.2) is 21.6 Å². The van der Waals surface area contributed by atoms with E-state index in [1.807, 2.05) is 13.8 Å². The van der Waals surface area contributed by atoms with Gasteiger partial charge in [-0.05, 0) is 12.8 Å². The van der Waals surface area contributed by atoms with Gasteiger partial charge >= 0.3 is 0 Å². The molecule has 1 aromatic rings. The maximum absolute atomic E-state index is 5.65. The highest BCUT2D eigenvalue weighted by Gasteiger charge is 2.22. The third kappa shape index (κ3) is 2.23. The number of nitrogen functional groups attached to an aromatic ring is 1. The highest BCUT2D eigenvalue weighted by Crippen LogP contribution is 2.26. The van der Waals surface area contributed by atoms with Gasteiger partial charge in [-0.25, -0.2) is 4.98 Å². The van der Waals surface area contributed by atoms with Crippen LogP contribution in [-0.2, 0) is 4.74 Å². The summed E-state index contributed by atoms with van der Waals surface area (Å²) in [5, 5.41) is 0. The summed E-state index contributed by atoms with van der Waals surface area (Å²) in [6.45, 7) is 4.86. The Balaban J connectivity index is 2.30. The molecule has 0 aliphatic carbocycles. The molecule has 15 heavy (non-hydrogen) atoms. The van der Waals surface area contributed by atoms with Crippen molar-refractivity contribution in [3.63, 3.8) is 0 Å². The molecule has 0 spiro atoms. The number of aromatic nitrogens is 3. The predicted octanol–water partition coefficient (Wildman–Crippen LogP) is 1.43. The Morgan fingerprint density at radius 3 is 2.73 bits per heavy atom. The van der Waals surface area contributed by atoms with Gasteiger partial charge in [-0.2, -0.15) is 9.97 Å². The maximum Gasteiger partial charge on any atom is 0.223 e. The Hall–Kier alpha value is -1.23. The van der Waals surface area contributed by atoms with Crippen LogP contribution >= 0.6 is 0 Å². The van der Waals surface area contributed by atoms with Crippen molar-refractivity contribution in [2.45, 2.75) is 38.7 Å². The number of anilines is 1. The van der Waals surface area contributed by atoms with Crippen LogP contribution in [0.5, 0.6) is 0 Å². The fraction of sp³-hybridized carbons (Fsp3) is 0.700. The standard InChI is InChI=1S/C10H16N4O/c1-6(2)8-12-9(14-10(11)13-8)7-4-3-5-15-7/h6-7H,3-5H2,1-2H3,(H2,11,12,13,14). The summed E-state index contributed by atoms with van der Waals surface area (Å²) in [4.78, 5) is 12.6. The van der Waals surface area contributed by atoms with Gasteiger partial charge in [-0.1, -0.05) is 13.8 Å². The monoisotopic (exact) mass is 208 g/mol. The first-order valence-corrected chi connectivity index (χ1v) is 5.29. The van der Waals surface area contributed by atoms with Crippen molar-refractivity contribution < 1.29 is 4.74 Å². The molecule has 0 aromatic carbocycles. The molecule has 1 aromatic heterocycles. The molecule has 0 bridgehead atoms. The minimum atomic E-state index is 0.00722. The fourth-order valence-electron chi connectivity index (χ4n) is 1.61. The number of hydrogen-bond acceptors (Lipinski definition) is 5. The van der Waals surface area contributed by atoms with Crippen LogP contribution in [0.2, 0.25) is 0 Å². The first-order chi connectivity index (χ1) is 7.16. The third-order valence-electron chi connectivity index (χ3n) is 2.42. The van der Waals surface area contributed by atoms with E-state index in [1.54, 1.807) is 0 Å². The smallest absolute Gasteiger partial charge is 0.223 e. The lowest BCUT2D eigenvalue weighted by Crippen LogP contribution is -2.11. The van der Waals surface area contributed by atoms with E-state index in [9.17, 15) is 0 Å². The lowest BCUT2D eigenvalue weighted by atomic mass is 10.2. The zero-order valence-corrected chi connectivity index (χ0v) is 9.10. The van der Waals surface area contributed by atoms with Gasteiger partial charge in [0, 0.05) is 12.5 Å². The van der Waals surface area contributed by atoms with Gasteiger partial charge < -0.3 is 10.5 Å².